The molecule has 0 fully saturated rings. The number of ether oxygens (including phenoxy) is 2. The number of aliphatic hydroxyl groups excluding tert-OH is 3. The van der Waals surface area contributed by atoms with Gasteiger partial charge in [0, 0.05) is 19.8 Å². The van der Waals surface area contributed by atoms with Crippen molar-refractivity contribution in [1.82, 2.24) is 0 Å². The molecule has 0 aliphatic heterocycles. The van der Waals surface area contributed by atoms with E-state index in [0.717, 1.165) is 57.0 Å². The van der Waals surface area contributed by atoms with Crippen LogP contribution in [0.15, 0.2) is 0 Å². The van der Waals surface area contributed by atoms with Gasteiger partial charge in [0.15, 0.2) is 0 Å². The molecule has 0 aromatic rings. The van der Waals surface area contributed by atoms with Crippen molar-refractivity contribution >= 4 is 0 Å². The molecule has 0 spiro atoms. The lowest BCUT2D eigenvalue weighted by atomic mass is 9.85. The molecule has 6 N–H and O–H groups in total. The highest BCUT2D eigenvalue weighted by molar-refractivity contribution is 4.69. The second-order valence-electron chi connectivity index (χ2n) is 25.6. The SMILES string of the molecule is C.CC(C)CC(C)(C)CO.CC(C)CC(C)(C)O.CC(C)CC(C)F.CC(C)CCC(C)(C)O.CC(C)CCC(O)C(F)(F)F.CC(C)CCCO.CC(C)OCC(C)(C)O.CCCC(C)C.CCOC(C)C. The van der Waals surface area contributed by atoms with Gasteiger partial charge in [0.05, 0.1) is 41.8 Å². The third-order valence-corrected chi connectivity index (χ3v) is 8.90. The minimum atomic E-state index is -4.45. The molecule has 0 aromatic heterocycles. The van der Waals surface area contributed by atoms with Gasteiger partial charge in [0.1, 0.15) is 6.10 Å². The van der Waals surface area contributed by atoms with Crippen molar-refractivity contribution in [3.05, 3.63) is 0 Å². The lowest BCUT2D eigenvalue weighted by molar-refractivity contribution is -0.206. The number of alkyl halides is 4. The van der Waals surface area contributed by atoms with Crippen LogP contribution in [0.3, 0.4) is 0 Å². The summed E-state index contributed by atoms with van der Waals surface area (Å²) in [6.07, 6.45) is 3.10. The Morgan fingerprint density at radius 2 is 0.849 bits per heavy atom. The van der Waals surface area contributed by atoms with E-state index in [2.05, 4.69) is 90.0 Å². The normalized spacial score (nSPS) is 12.5. The maximum Gasteiger partial charge on any atom is 0.414 e. The van der Waals surface area contributed by atoms with Crippen LogP contribution in [0.2, 0.25) is 0 Å². The van der Waals surface area contributed by atoms with Gasteiger partial charge in [-0.25, -0.2) is 4.39 Å². The molecule has 0 saturated heterocycles. The maximum absolute atomic E-state index is 12.0. The number of hydrogen-bond donors (Lipinski definition) is 6. The van der Waals surface area contributed by atoms with Crippen LogP contribution in [0.4, 0.5) is 17.6 Å². The van der Waals surface area contributed by atoms with Gasteiger partial charge < -0.3 is 40.1 Å². The van der Waals surface area contributed by atoms with Gasteiger partial charge in [-0.3, -0.25) is 0 Å². The molecule has 73 heavy (non-hydrogen) atoms. The predicted molar refractivity (Wildman–Crippen MR) is 314 cm³/mol. The first-order chi connectivity index (χ1) is 32.0. The summed E-state index contributed by atoms with van der Waals surface area (Å²) in [6, 6.07) is 0. The zero-order valence-electron chi connectivity index (χ0n) is 53.5. The summed E-state index contributed by atoms with van der Waals surface area (Å²) < 4.78 is 57.1. The average Bonchev–Trinajstić information content (AvgIpc) is 3.13. The lowest BCUT2D eigenvalue weighted by Gasteiger charge is -2.23. The molecule has 8 nitrogen and oxygen atoms in total. The second-order valence-corrected chi connectivity index (χ2v) is 25.6. The molecule has 0 amide bonds. The molecular weight excluding hydrogens is 937 g/mol. The summed E-state index contributed by atoms with van der Waals surface area (Å²) in [4.78, 5) is 0. The molecule has 0 heterocycles. The fourth-order valence-corrected chi connectivity index (χ4v) is 5.90. The van der Waals surface area contributed by atoms with Crippen LogP contribution in [0.25, 0.3) is 0 Å². The Kier molecular flexibility index (Phi) is 72.9. The molecule has 12 heteroatoms. The van der Waals surface area contributed by atoms with Crippen LogP contribution in [0, 0.1) is 46.8 Å². The molecule has 0 bridgehead atoms. The topological polar surface area (TPSA) is 140 Å². The Hall–Kier alpha value is -0.600. The van der Waals surface area contributed by atoms with E-state index in [1.807, 2.05) is 90.0 Å². The van der Waals surface area contributed by atoms with Crippen molar-refractivity contribution in [1.29, 1.82) is 0 Å². The number of aliphatic hydroxyl groups is 6. The highest BCUT2D eigenvalue weighted by Gasteiger charge is 2.37. The standard InChI is InChI=1S/2C8H18O.C7H13F3O.C7H16O2.C7H16O.C6H13F.C6H14O.C6H14.C5H12O.CH4/c1-7(2)5-8(3,4)6-9;1-7(2)5-6-8(3,4)9;1-5(2)3-4-6(11)7(8,9)10;1-6(2)9-5-7(3,4)8;1-6(2)5-7(3,4)8;1-5(2)4-6(3)7;1-6(2)4-3-5-7;1-4-5-6(2)3;1-4-6-5(2)3;/h2*7,9H,5-6H2,1-4H3;5-6,11H,3-4H2,1-2H3;6,8H,5H2,1-4H3;6,8H,5H2,1-4H3;5-6H,4H2,1-3H3;6-7H,3-5H2,1-2H3;6H,4-5H2,1-3H3;5H,4H2,1-3H3;1H4. The number of hydrogen-bond acceptors (Lipinski definition) is 8. The molecule has 0 aliphatic rings. The van der Waals surface area contributed by atoms with Crippen LogP contribution in [0.5, 0.6) is 0 Å². The Bertz CT molecular complexity index is 970. The Morgan fingerprint density at radius 3 is 0.945 bits per heavy atom. The van der Waals surface area contributed by atoms with E-state index in [-0.39, 0.29) is 31.3 Å². The lowest BCUT2D eigenvalue weighted by Crippen LogP contribution is -2.28. The van der Waals surface area contributed by atoms with Gasteiger partial charge in [0.25, 0.3) is 0 Å². The molecule has 0 aliphatic carbocycles. The highest BCUT2D eigenvalue weighted by atomic mass is 19.4. The van der Waals surface area contributed by atoms with Crippen LogP contribution < -0.4 is 0 Å². The van der Waals surface area contributed by atoms with Crippen molar-refractivity contribution in [2.45, 2.75) is 326 Å². The number of halogens is 4. The van der Waals surface area contributed by atoms with Crippen molar-refractivity contribution in [3.8, 4) is 0 Å². The highest BCUT2D eigenvalue weighted by Crippen LogP contribution is 2.25. The van der Waals surface area contributed by atoms with Gasteiger partial charge >= 0.3 is 6.18 Å². The Labute approximate surface area is 455 Å². The molecule has 0 aromatic carbocycles. The molecular formula is C61H138F4O8. The molecule has 2 atom stereocenters. The zero-order valence-corrected chi connectivity index (χ0v) is 53.5. The van der Waals surface area contributed by atoms with E-state index in [9.17, 15) is 27.8 Å². The summed E-state index contributed by atoms with van der Waals surface area (Å²) in [5.41, 5.74) is -1.52. The Balaban J connectivity index is -0.0000000768. The van der Waals surface area contributed by atoms with Crippen LogP contribution in [-0.2, 0) is 9.47 Å². The minimum Gasteiger partial charge on any atom is -0.396 e. The first kappa shape index (κ1) is 94.8. The maximum atomic E-state index is 12.0. The van der Waals surface area contributed by atoms with E-state index in [4.69, 9.17) is 29.9 Å². The summed E-state index contributed by atoms with van der Waals surface area (Å²) in [7, 11) is 0. The second kappa shape index (κ2) is 56.1. The smallest absolute Gasteiger partial charge is 0.396 e. The molecule has 0 rings (SSSR count). The first-order valence-electron chi connectivity index (χ1n) is 28.0. The van der Waals surface area contributed by atoms with Crippen molar-refractivity contribution < 1.29 is 57.7 Å². The fraction of sp³-hybridized carbons (Fsp3) is 1.00. The third-order valence-electron chi connectivity index (χ3n) is 8.90. The molecule has 0 saturated carbocycles. The monoisotopic (exact) mass is 1080 g/mol. The molecule has 0 radical (unpaired) electrons. The summed E-state index contributed by atoms with van der Waals surface area (Å²) in [5, 5.41) is 53.3. The Morgan fingerprint density at radius 1 is 0.466 bits per heavy atom. The van der Waals surface area contributed by atoms with E-state index in [1.165, 1.54) is 12.8 Å². The van der Waals surface area contributed by atoms with Gasteiger partial charge in [-0.1, -0.05) is 138 Å². The van der Waals surface area contributed by atoms with Crippen molar-refractivity contribution in [2.75, 3.05) is 26.4 Å². The quantitative estimate of drug-likeness (QED) is 0.0556. The van der Waals surface area contributed by atoms with Gasteiger partial charge in [-0.2, -0.15) is 13.2 Å². The molecule has 2 unspecified atom stereocenters. The first-order valence-corrected chi connectivity index (χ1v) is 28.0. The van der Waals surface area contributed by atoms with Crippen molar-refractivity contribution in [2.24, 2.45) is 46.8 Å². The predicted octanol–water partition coefficient (Wildman–Crippen LogP) is 17.9. The van der Waals surface area contributed by atoms with Crippen molar-refractivity contribution in [3.63, 3.8) is 0 Å². The number of rotatable bonds is 23. The summed E-state index contributed by atoms with van der Waals surface area (Å²) in [6.45, 7) is 60.1. The van der Waals surface area contributed by atoms with E-state index >= 15 is 0 Å². The summed E-state index contributed by atoms with van der Waals surface area (Å²) >= 11 is 0. The third kappa shape index (κ3) is 141. The summed E-state index contributed by atoms with van der Waals surface area (Å²) in [5.74, 6) is 4.33. The largest absolute Gasteiger partial charge is 0.414 e. The minimum absolute atomic E-state index is 0. The zero-order chi connectivity index (χ0) is 59.9. The van der Waals surface area contributed by atoms with E-state index in [0.29, 0.717) is 62.4 Å². The van der Waals surface area contributed by atoms with Crippen LogP contribution >= 0.6 is 0 Å². The van der Waals surface area contributed by atoms with Crippen LogP contribution in [0.1, 0.15) is 279 Å². The average molecular weight is 1080 g/mol. The van der Waals surface area contributed by atoms with E-state index in [1.54, 1.807) is 20.8 Å². The fourth-order valence-electron chi connectivity index (χ4n) is 5.90. The van der Waals surface area contributed by atoms with E-state index < -0.39 is 35.3 Å². The van der Waals surface area contributed by atoms with Gasteiger partial charge in [0.2, 0.25) is 0 Å². The molecule has 458 valence electrons. The van der Waals surface area contributed by atoms with Gasteiger partial charge in [-0.15, -0.1) is 0 Å². The van der Waals surface area contributed by atoms with Crippen LogP contribution in [-0.4, -0.2) is 105 Å². The van der Waals surface area contributed by atoms with Gasteiger partial charge in [-0.05, 0) is 188 Å².